The SMILES string of the molecule is Cn1ccnc1C1CNCCN1C(=O)c1cc(F)ccc1Br. The summed E-state index contributed by atoms with van der Waals surface area (Å²) >= 11 is 3.33. The number of nitrogens with one attached hydrogen (secondary N) is 1. The summed E-state index contributed by atoms with van der Waals surface area (Å²) < 4.78 is 16.0. The van der Waals surface area contributed by atoms with Crippen molar-refractivity contribution in [3.8, 4) is 0 Å². The van der Waals surface area contributed by atoms with Crippen LogP contribution in [0.3, 0.4) is 0 Å². The van der Waals surface area contributed by atoms with Crippen LogP contribution >= 0.6 is 15.9 Å². The molecule has 1 unspecified atom stereocenters. The fourth-order valence-electron chi connectivity index (χ4n) is 2.69. The lowest BCUT2D eigenvalue weighted by atomic mass is 10.1. The van der Waals surface area contributed by atoms with Gasteiger partial charge in [0.15, 0.2) is 0 Å². The quantitative estimate of drug-likeness (QED) is 0.885. The number of nitrogens with zero attached hydrogens (tertiary/aromatic N) is 3. The standard InChI is InChI=1S/C15H16BrFN4O/c1-20-6-5-19-14(20)13-9-18-4-7-21(13)15(22)11-8-10(17)2-3-12(11)16/h2-3,5-6,8,13,18H,4,7,9H2,1H3. The molecule has 0 spiro atoms. The number of carbonyl (C=O) groups excluding carboxylic acids is 1. The van der Waals surface area contributed by atoms with E-state index in [1.165, 1.54) is 12.1 Å². The first-order chi connectivity index (χ1) is 10.6. The van der Waals surface area contributed by atoms with Crippen LogP contribution in [-0.2, 0) is 7.05 Å². The fraction of sp³-hybridized carbons (Fsp3) is 0.333. The van der Waals surface area contributed by atoms with Gasteiger partial charge in [-0.15, -0.1) is 0 Å². The molecule has 0 radical (unpaired) electrons. The van der Waals surface area contributed by atoms with Gasteiger partial charge < -0.3 is 14.8 Å². The van der Waals surface area contributed by atoms with Gasteiger partial charge >= 0.3 is 0 Å². The van der Waals surface area contributed by atoms with Gasteiger partial charge in [-0.2, -0.15) is 0 Å². The van der Waals surface area contributed by atoms with Crippen molar-refractivity contribution in [1.29, 1.82) is 0 Å². The Kier molecular flexibility index (Phi) is 4.26. The maximum Gasteiger partial charge on any atom is 0.255 e. The summed E-state index contributed by atoms with van der Waals surface area (Å²) in [5.41, 5.74) is 0.334. The number of hydrogen-bond acceptors (Lipinski definition) is 3. The molecule has 7 heteroatoms. The molecule has 1 aliphatic heterocycles. The average Bonchev–Trinajstić information content (AvgIpc) is 2.95. The highest BCUT2D eigenvalue weighted by Crippen LogP contribution is 2.26. The van der Waals surface area contributed by atoms with E-state index in [-0.39, 0.29) is 11.9 Å². The van der Waals surface area contributed by atoms with E-state index < -0.39 is 5.82 Å². The highest BCUT2D eigenvalue weighted by atomic mass is 79.9. The molecule has 1 aliphatic rings. The fourth-order valence-corrected chi connectivity index (χ4v) is 3.11. The van der Waals surface area contributed by atoms with Crippen LogP contribution in [0.2, 0.25) is 0 Å². The molecule has 0 bridgehead atoms. The molecule has 0 saturated carbocycles. The minimum Gasteiger partial charge on any atom is -0.336 e. The number of hydrogen-bond donors (Lipinski definition) is 1. The number of benzene rings is 1. The molecule has 1 atom stereocenters. The van der Waals surface area contributed by atoms with Gasteiger partial charge in [0.2, 0.25) is 0 Å². The Balaban J connectivity index is 1.95. The molecule has 1 amide bonds. The van der Waals surface area contributed by atoms with Crippen molar-refractivity contribution in [3.05, 3.63) is 52.3 Å². The van der Waals surface area contributed by atoms with Gasteiger partial charge in [-0.1, -0.05) is 0 Å². The molecule has 5 nitrogen and oxygen atoms in total. The molecule has 1 fully saturated rings. The van der Waals surface area contributed by atoms with Gasteiger partial charge in [-0.05, 0) is 34.1 Å². The number of rotatable bonds is 2. The predicted octanol–water partition coefficient (Wildman–Crippen LogP) is 2.11. The lowest BCUT2D eigenvalue weighted by Gasteiger charge is -2.36. The predicted molar refractivity (Wildman–Crippen MR) is 84.0 cm³/mol. The van der Waals surface area contributed by atoms with E-state index in [1.54, 1.807) is 17.2 Å². The molecule has 2 heterocycles. The normalized spacial score (nSPS) is 18.5. The van der Waals surface area contributed by atoms with Crippen molar-refractivity contribution in [2.24, 2.45) is 7.05 Å². The summed E-state index contributed by atoms with van der Waals surface area (Å²) in [6.07, 6.45) is 3.56. The van der Waals surface area contributed by atoms with E-state index in [0.29, 0.717) is 29.7 Å². The molecule has 0 aliphatic carbocycles. The maximum atomic E-state index is 13.5. The highest BCUT2D eigenvalue weighted by molar-refractivity contribution is 9.10. The van der Waals surface area contributed by atoms with Crippen molar-refractivity contribution in [2.45, 2.75) is 6.04 Å². The minimum absolute atomic E-state index is 0.170. The van der Waals surface area contributed by atoms with Crippen molar-refractivity contribution in [3.63, 3.8) is 0 Å². The Labute approximate surface area is 136 Å². The smallest absolute Gasteiger partial charge is 0.255 e. The number of aromatic nitrogens is 2. The Bertz CT molecular complexity index is 703. The number of amides is 1. The third-order valence-electron chi connectivity index (χ3n) is 3.82. The molecule has 1 aromatic carbocycles. The number of halogens is 2. The van der Waals surface area contributed by atoms with Crippen LogP contribution in [0.1, 0.15) is 22.2 Å². The third-order valence-corrected chi connectivity index (χ3v) is 4.51. The van der Waals surface area contributed by atoms with Gasteiger partial charge in [0.1, 0.15) is 17.7 Å². The monoisotopic (exact) mass is 366 g/mol. The minimum atomic E-state index is -0.421. The molecule has 22 heavy (non-hydrogen) atoms. The summed E-state index contributed by atoms with van der Waals surface area (Å²) in [7, 11) is 1.90. The van der Waals surface area contributed by atoms with E-state index in [2.05, 4.69) is 26.2 Å². The van der Waals surface area contributed by atoms with Crippen LogP contribution in [0.25, 0.3) is 0 Å². The number of aryl methyl sites for hydroxylation is 1. The van der Waals surface area contributed by atoms with E-state index in [9.17, 15) is 9.18 Å². The van der Waals surface area contributed by atoms with Crippen molar-refractivity contribution in [2.75, 3.05) is 19.6 Å². The molecule has 116 valence electrons. The summed E-state index contributed by atoms with van der Waals surface area (Å²) in [5, 5.41) is 3.28. The zero-order valence-electron chi connectivity index (χ0n) is 12.1. The lowest BCUT2D eigenvalue weighted by molar-refractivity contribution is 0.0619. The largest absolute Gasteiger partial charge is 0.336 e. The Morgan fingerprint density at radius 3 is 3.05 bits per heavy atom. The molecule has 1 saturated heterocycles. The summed E-state index contributed by atoms with van der Waals surface area (Å²) in [5.74, 6) is 0.198. The van der Waals surface area contributed by atoms with Crippen LogP contribution in [0.15, 0.2) is 35.1 Å². The van der Waals surface area contributed by atoms with Crippen LogP contribution in [0.5, 0.6) is 0 Å². The van der Waals surface area contributed by atoms with Crippen molar-refractivity contribution in [1.82, 2.24) is 19.8 Å². The zero-order valence-corrected chi connectivity index (χ0v) is 13.7. The molecule has 1 N–H and O–H groups in total. The molecular weight excluding hydrogens is 351 g/mol. The maximum absolute atomic E-state index is 13.5. The highest BCUT2D eigenvalue weighted by Gasteiger charge is 2.31. The average molecular weight is 367 g/mol. The van der Waals surface area contributed by atoms with Gasteiger partial charge in [0.05, 0.1) is 5.56 Å². The van der Waals surface area contributed by atoms with E-state index in [4.69, 9.17) is 0 Å². The van der Waals surface area contributed by atoms with Crippen LogP contribution in [-0.4, -0.2) is 40.0 Å². The van der Waals surface area contributed by atoms with Gasteiger partial charge in [0.25, 0.3) is 5.91 Å². The second-order valence-electron chi connectivity index (χ2n) is 5.24. The summed E-state index contributed by atoms with van der Waals surface area (Å²) in [4.78, 5) is 19.0. The second-order valence-corrected chi connectivity index (χ2v) is 6.09. The lowest BCUT2D eigenvalue weighted by Crippen LogP contribution is -2.49. The van der Waals surface area contributed by atoms with Crippen molar-refractivity contribution < 1.29 is 9.18 Å². The first kappa shape index (κ1) is 15.2. The van der Waals surface area contributed by atoms with Gasteiger partial charge in [-0.3, -0.25) is 4.79 Å². The number of imidazole rings is 1. The van der Waals surface area contributed by atoms with Gasteiger partial charge in [0, 0.05) is 43.5 Å². The number of piperazine rings is 1. The molecule has 1 aromatic heterocycles. The van der Waals surface area contributed by atoms with Crippen molar-refractivity contribution >= 4 is 21.8 Å². The van der Waals surface area contributed by atoms with E-state index >= 15 is 0 Å². The van der Waals surface area contributed by atoms with E-state index in [1.807, 2.05) is 17.8 Å². The van der Waals surface area contributed by atoms with E-state index in [0.717, 1.165) is 5.82 Å². The first-order valence-electron chi connectivity index (χ1n) is 7.02. The summed E-state index contributed by atoms with van der Waals surface area (Å²) in [6.45, 7) is 1.89. The summed E-state index contributed by atoms with van der Waals surface area (Å²) in [6, 6.07) is 3.98. The molecule has 2 aromatic rings. The Morgan fingerprint density at radius 1 is 1.50 bits per heavy atom. The van der Waals surface area contributed by atoms with Crippen LogP contribution in [0, 0.1) is 5.82 Å². The van der Waals surface area contributed by atoms with Crippen LogP contribution in [0.4, 0.5) is 4.39 Å². The number of carbonyl (C=O) groups is 1. The molecular formula is C15H16BrFN4O. The van der Waals surface area contributed by atoms with Crippen LogP contribution < -0.4 is 5.32 Å². The Morgan fingerprint density at radius 2 is 2.32 bits per heavy atom. The van der Waals surface area contributed by atoms with Gasteiger partial charge in [-0.25, -0.2) is 9.37 Å². The topological polar surface area (TPSA) is 50.2 Å². The molecule has 3 rings (SSSR count). The second kappa shape index (κ2) is 6.18. The first-order valence-corrected chi connectivity index (χ1v) is 7.81. The Hall–Kier alpha value is -1.73. The zero-order chi connectivity index (χ0) is 15.7. The third kappa shape index (κ3) is 2.78.